The van der Waals surface area contributed by atoms with Gasteiger partial charge in [0.2, 0.25) is 5.78 Å². The first kappa shape index (κ1) is 29.7. The first-order valence-electron chi connectivity index (χ1n) is 14.2. The molecule has 1 heterocycles. The van der Waals surface area contributed by atoms with Crippen LogP contribution in [0, 0.1) is 17.7 Å². The summed E-state index contributed by atoms with van der Waals surface area (Å²) in [4.78, 5) is 42.1. The van der Waals surface area contributed by atoms with Crippen LogP contribution in [0.2, 0.25) is 0 Å². The lowest BCUT2D eigenvalue weighted by Gasteiger charge is -2.49. The molecule has 3 aliphatic rings. The van der Waals surface area contributed by atoms with Gasteiger partial charge in [-0.25, -0.2) is 9.18 Å². The maximum Gasteiger partial charge on any atom is 0.344 e. The molecule has 226 valence electrons. The summed E-state index contributed by atoms with van der Waals surface area (Å²) in [5.41, 5.74) is -3.93. The molecule has 1 aromatic heterocycles. The second-order valence-corrected chi connectivity index (χ2v) is 11.4. The number of benzene rings is 1. The topological polar surface area (TPSA) is 160 Å². The van der Waals surface area contributed by atoms with Crippen molar-refractivity contribution in [3.8, 4) is 11.6 Å². The number of aromatic nitrogens is 1. The lowest BCUT2D eigenvalue weighted by molar-refractivity contribution is -0.0559. The smallest absolute Gasteiger partial charge is 0.344 e. The van der Waals surface area contributed by atoms with Crippen LogP contribution in [0.15, 0.2) is 21.9 Å². The van der Waals surface area contributed by atoms with Gasteiger partial charge < -0.3 is 29.3 Å². The molecular weight excluding hydrogens is 551 g/mol. The molecule has 0 unspecified atom stereocenters. The van der Waals surface area contributed by atoms with Gasteiger partial charge in [-0.2, -0.15) is 0 Å². The van der Waals surface area contributed by atoms with Crippen molar-refractivity contribution in [2.45, 2.75) is 64.0 Å². The summed E-state index contributed by atoms with van der Waals surface area (Å²) in [5.74, 6) is -7.35. The lowest BCUT2D eigenvalue weighted by atomic mass is 9.58. The van der Waals surface area contributed by atoms with Crippen molar-refractivity contribution < 1.29 is 48.1 Å². The number of unbranched alkanes of at least 4 members (excludes halogenated alkanes) is 2. The Balaban J connectivity index is 1.61. The molecule has 42 heavy (non-hydrogen) atoms. The van der Waals surface area contributed by atoms with E-state index in [9.17, 15) is 29.7 Å². The van der Waals surface area contributed by atoms with Crippen LogP contribution in [-0.4, -0.2) is 75.8 Å². The number of carbonyl (C=O) groups excluding carboxylic acids is 3. The van der Waals surface area contributed by atoms with Gasteiger partial charge in [-0.1, -0.05) is 26.7 Å². The van der Waals surface area contributed by atoms with Crippen LogP contribution < -0.4 is 4.74 Å². The quantitative estimate of drug-likeness (QED) is 0.287. The number of ether oxygens (including phenoxy) is 2. The number of halogens is 1. The minimum atomic E-state index is -2.53. The normalized spacial score (nSPS) is 24.7. The highest BCUT2D eigenvalue weighted by Crippen LogP contribution is 2.56. The molecule has 3 aliphatic carbocycles. The first-order chi connectivity index (χ1) is 20.0. The van der Waals surface area contributed by atoms with Crippen molar-refractivity contribution in [2.24, 2.45) is 11.8 Å². The molecule has 4 atom stereocenters. The first-order valence-corrected chi connectivity index (χ1v) is 14.2. The number of nitrogens with zero attached hydrogens (tertiary/aromatic N) is 2. The fraction of sp³-hybridized carbons (Fsp3) is 0.533. The van der Waals surface area contributed by atoms with E-state index in [1.54, 1.807) is 19.0 Å². The number of aliphatic hydroxyl groups is 2. The molecule has 0 radical (unpaired) electrons. The van der Waals surface area contributed by atoms with Crippen LogP contribution in [0.5, 0.6) is 11.6 Å². The van der Waals surface area contributed by atoms with Gasteiger partial charge in [0.1, 0.15) is 28.5 Å². The van der Waals surface area contributed by atoms with Crippen molar-refractivity contribution in [1.29, 1.82) is 0 Å². The van der Waals surface area contributed by atoms with Gasteiger partial charge in [0.25, 0.3) is 5.88 Å². The summed E-state index contributed by atoms with van der Waals surface area (Å²) in [6, 6.07) is 0.284. The number of hydrogen-bond acceptors (Lipinski definition) is 11. The Morgan fingerprint density at radius 3 is 2.52 bits per heavy atom. The summed E-state index contributed by atoms with van der Waals surface area (Å²) < 4.78 is 31.4. The number of aromatic hydroxyl groups is 1. The van der Waals surface area contributed by atoms with Crippen LogP contribution in [0.3, 0.4) is 0 Å². The Morgan fingerprint density at radius 1 is 1.17 bits per heavy atom. The van der Waals surface area contributed by atoms with E-state index in [2.05, 4.69) is 5.16 Å². The second-order valence-electron chi connectivity index (χ2n) is 11.4. The molecule has 5 rings (SSSR count). The molecule has 0 bridgehead atoms. The van der Waals surface area contributed by atoms with Crippen molar-refractivity contribution in [2.75, 3.05) is 27.3 Å². The largest absolute Gasteiger partial charge is 0.508 e. The van der Waals surface area contributed by atoms with Crippen LogP contribution >= 0.6 is 0 Å². The fourth-order valence-electron chi connectivity index (χ4n) is 6.44. The van der Waals surface area contributed by atoms with Crippen LogP contribution in [0.1, 0.15) is 94.4 Å². The van der Waals surface area contributed by atoms with E-state index in [1.165, 1.54) is 0 Å². The molecule has 0 fully saturated rings. The van der Waals surface area contributed by atoms with Crippen LogP contribution in [0.25, 0.3) is 0 Å². The van der Waals surface area contributed by atoms with Gasteiger partial charge in [-0.15, -0.1) is 0 Å². The van der Waals surface area contributed by atoms with Crippen LogP contribution in [-0.2, 0) is 11.2 Å². The predicted octanol–water partition coefficient (Wildman–Crippen LogP) is 4.07. The third-order valence-corrected chi connectivity index (χ3v) is 8.51. The van der Waals surface area contributed by atoms with Crippen molar-refractivity contribution in [3.05, 3.63) is 51.2 Å². The summed E-state index contributed by atoms with van der Waals surface area (Å²) >= 11 is 0. The molecule has 0 saturated heterocycles. The number of allylic oxidation sites excluding steroid dienone is 1. The van der Waals surface area contributed by atoms with E-state index in [-0.39, 0.29) is 60.0 Å². The molecule has 0 aliphatic heterocycles. The zero-order chi connectivity index (χ0) is 30.5. The van der Waals surface area contributed by atoms with Gasteiger partial charge >= 0.3 is 5.97 Å². The second kappa shape index (κ2) is 11.1. The Labute approximate surface area is 241 Å². The minimum absolute atomic E-state index is 0.00562. The lowest BCUT2D eigenvalue weighted by Crippen LogP contribution is -2.59. The average molecular weight is 587 g/mol. The van der Waals surface area contributed by atoms with E-state index < -0.39 is 63.9 Å². The van der Waals surface area contributed by atoms with Gasteiger partial charge in [-0.3, -0.25) is 14.5 Å². The molecule has 0 spiro atoms. The molecule has 0 amide bonds. The maximum atomic E-state index is 15.1. The zero-order valence-electron chi connectivity index (χ0n) is 24.0. The highest BCUT2D eigenvalue weighted by molar-refractivity contribution is 6.17. The molecule has 0 saturated carbocycles. The van der Waals surface area contributed by atoms with Gasteiger partial charge in [-0.05, 0) is 62.5 Å². The minimum Gasteiger partial charge on any atom is -0.508 e. The number of aliphatic hydroxyl groups excluding tert-OH is 1. The molecule has 11 nitrogen and oxygen atoms in total. The number of rotatable bonds is 9. The number of phenolic OH excluding ortho intramolecular Hbond substituents is 1. The van der Waals surface area contributed by atoms with Gasteiger partial charge in [0.15, 0.2) is 17.1 Å². The van der Waals surface area contributed by atoms with Gasteiger partial charge in [0, 0.05) is 11.5 Å². The highest BCUT2D eigenvalue weighted by Gasteiger charge is 2.64. The zero-order valence-corrected chi connectivity index (χ0v) is 24.0. The molecule has 12 heteroatoms. The summed E-state index contributed by atoms with van der Waals surface area (Å²) in [5, 5.41) is 38.5. The van der Waals surface area contributed by atoms with E-state index in [1.807, 2.05) is 13.8 Å². The summed E-state index contributed by atoms with van der Waals surface area (Å²) in [6.45, 7) is 4.10. The fourth-order valence-corrected chi connectivity index (χ4v) is 6.44. The third-order valence-electron chi connectivity index (χ3n) is 8.51. The number of carbonyl (C=O) groups is 3. The monoisotopic (exact) mass is 586 g/mol. The number of Topliss-reactive ketones (excluding diaryl/α,β-unsaturated/α-hetero) is 2. The predicted molar refractivity (Wildman–Crippen MR) is 145 cm³/mol. The number of hydrogen-bond donors (Lipinski definition) is 3. The van der Waals surface area contributed by atoms with E-state index in [0.717, 1.165) is 18.9 Å². The van der Waals surface area contributed by atoms with Gasteiger partial charge in [0.05, 0.1) is 24.8 Å². The maximum absolute atomic E-state index is 15.1. The third kappa shape index (κ3) is 4.39. The summed E-state index contributed by atoms with van der Waals surface area (Å²) in [7, 11) is 3.44. The molecule has 1 aromatic carbocycles. The van der Waals surface area contributed by atoms with E-state index >= 15 is 4.39 Å². The number of ketones is 2. The molecule has 2 aromatic rings. The Morgan fingerprint density at radius 2 is 1.86 bits per heavy atom. The number of fused-ring (bicyclic) bond motifs is 4. The van der Waals surface area contributed by atoms with Crippen molar-refractivity contribution >= 4 is 17.5 Å². The Kier molecular flexibility index (Phi) is 7.88. The van der Waals surface area contributed by atoms with Crippen LogP contribution in [0.4, 0.5) is 4.39 Å². The Bertz CT molecular complexity index is 1480. The van der Waals surface area contributed by atoms with Crippen molar-refractivity contribution in [1.82, 2.24) is 10.1 Å². The Hall–Kier alpha value is -3.77. The van der Waals surface area contributed by atoms with E-state index in [0.29, 0.717) is 12.8 Å². The standard InChI is InChI=1S/C30H35FN2O9/c1-5-7-9-40-28-21-25(42-32-28)22(33(3)4)16-12-14-11-15-13-17(31)20(29(38)41-10-8-6-2)24(35)18(15)23(34)19(14)26(36)30(16,39)27(21)37/h13-14,16,22,35-36,39H,5-12H2,1-4H3/t14-,16-,22-,30-/m0/s1. The number of esters is 1. The van der Waals surface area contributed by atoms with Crippen molar-refractivity contribution in [3.63, 3.8) is 0 Å². The van der Waals surface area contributed by atoms with E-state index in [4.69, 9.17) is 14.0 Å². The summed E-state index contributed by atoms with van der Waals surface area (Å²) in [6.07, 6.45) is 2.81. The average Bonchev–Trinajstić information content (AvgIpc) is 3.34. The molecular formula is C30H35FN2O9. The SMILES string of the molecule is CCCCOC(=O)c1c(F)cc2c(c1O)C(=O)C1=C(O)[C@]3(O)C(=O)c4c(OCCCC)noc4[C@@H](N(C)C)[C@@H]3C[C@@H]1C2. The molecule has 3 N–H and O–H groups in total. The number of phenols is 1. The highest BCUT2D eigenvalue weighted by atomic mass is 19.1.